The highest BCUT2D eigenvalue weighted by Crippen LogP contribution is 2.44. The fraction of sp³-hybridized carbons (Fsp3) is 0.324. The standard InChI is InChI=1S/C38H46FN5O2Si.C27H20FN5O.C6H6O3/c1-23(2)47(24(3)4,25(5)6)19-17-27-13-10-12-26-14-11-15-28(32(26)27)34-33(39)35-29(20-40-34)36(42-22-41-35)43-18-16-30-31(43)21-44(30)37(45)46-38(7,8)9;1-3-16-7-5-8-17-9-6-10-18(23(16)17)25-24(28)26-19(13-29-25)27(31-15-30-26)32-12-11-20-21(32)14-33(20)22(34)4-2;1-3-5(7)9-6(8)4-2/h10-15,20,22-25,30-31H,16,18,21H2,1-9H3;1,4-10,13,15,20-21H,2,11-12,14H2;3-4H,1-2H2/t30-,31-;20-,21-;/m11./s1. The molecule has 4 aliphatic heterocycles. The normalized spacial score (nSPS) is 17.4. The van der Waals surface area contributed by atoms with Crippen molar-refractivity contribution in [2.45, 2.75) is 122 Å². The average Bonchev–Trinajstić information content (AvgIpc) is 1.41. The number of hydrogen-bond donors (Lipinski definition) is 0. The molecule has 4 saturated heterocycles. The average molecular weight is 1230 g/mol. The molecule has 19 heteroatoms. The number of likely N-dealkylation sites (tertiary alicyclic amines) is 2. The van der Waals surface area contributed by atoms with E-state index in [0.717, 1.165) is 58.6 Å². The molecule has 0 unspecified atom stereocenters. The van der Waals surface area contributed by atoms with Gasteiger partial charge in [0, 0.05) is 83.8 Å². The molecule has 0 saturated carbocycles. The van der Waals surface area contributed by atoms with E-state index in [-0.39, 0.29) is 58.6 Å². The maximum Gasteiger partial charge on any atom is 0.410 e. The highest BCUT2D eigenvalue weighted by molar-refractivity contribution is 6.90. The van der Waals surface area contributed by atoms with Crippen LogP contribution in [0.15, 0.2) is 136 Å². The van der Waals surface area contributed by atoms with Crippen LogP contribution < -0.4 is 9.80 Å². The number of carbonyl (C=O) groups is 4. The molecule has 16 nitrogen and oxygen atoms in total. The predicted molar refractivity (Wildman–Crippen MR) is 352 cm³/mol. The second-order valence-corrected chi connectivity index (χ2v) is 30.3. The van der Waals surface area contributed by atoms with Gasteiger partial charge in [-0.25, -0.2) is 43.1 Å². The molecule has 0 radical (unpaired) electrons. The van der Waals surface area contributed by atoms with E-state index in [9.17, 15) is 19.2 Å². The van der Waals surface area contributed by atoms with Gasteiger partial charge in [0.15, 0.2) is 11.6 Å². The Balaban J connectivity index is 0.000000180. The molecule has 4 atom stereocenters. The number of esters is 2. The smallest absolute Gasteiger partial charge is 0.410 e. The van der Waals surface area contributed by atoms with Crippen LogP contribution >= 0.6 is 0 Å². The van der Waals surface area contributed by atoms with Gasteiger partial charge >= 0.3 is 18.0 Å². The van der Waals surface area contributed by atoms with E-state index in [1.165, 1.54) is 18.7 Å². The SMILES string of the molecule is C#Cc1cccc2cccc(-c3ncc4c(N5CC[C@@H]6[C@H]5CN6C(=O)C=C)ncnc4c3F)c12.C=CC(=O)OC(=O)C=C.CC(C)[Si](C#Cc1cccc2cccc(-c3ncc4c(N5CC[C@@H]6[C@H]5CN6C(=O)OC(C)(C)C)ncnc4c3F)c12)(C(C)C)C(C)C. The number of halogens is 2. The molecule has 0 N–H and O–H groups in total. The van der Waals surface area contributed by atoms with Crippen molar-refractivity contribution >= 4 is 87.0 Å². The number of anilines is 2. The van der Waals surface area contributed by atoms with Crippen molar-refractivity contribution in [1.82, 2.24) is 39.7 Å². The zero-order chi connectivity index (χ0) is 64.5. The molecule has 8 heterocycles. The van der Waals surface area contributed by atoms with Gasteiger partial charge < -0.3 is 29.1 Å². The largest absolute Gasteiger partial charge is 0.444 e. The maximum atomic E-state index is 16.6. The van der Waals surface area contributed by atoms with Crippen LogP contribution in [-0.2, 0) is 23.9 Å². The maximum absolute atomic E-state index is 16.6. The van der Waals surface area contributed by atoms with E-state index in [1.54, 1.807) is 17.3 Å². The van der Waals surface area contributed by atoms with Crippen LogP contribution in [0.5, 0.6) is 0 Å². The summed E-state index contributed by atoms with van der Waals surface area (Å²) in [5.74, 6) is 5.03. The topological polar surface area (TPSA) is 177 Å². The molecule has 2 amide bonds. The molecule has 90 heavy (non-hydrogen) atoms. The van der Waals surface area contributed by atoms with Crippen molar-refractivity contribution in [1.29, 1.82) is 0 Å². The molecule has 8 aromatic rings. The first kappa shape index (κ1) is 63.3. The Morgan fingerprint density at radius 3 is 1.51 bits per heavy atom. The third kappa shape index (κ3) is 11.8. The summed E-state index contributed by atoms with van der Waals surface area (Å²) in [4.78, 5) is 80.0. The van der Waals surface area contributed by atoms with Gasteiger partial charge in [-0.2, -0.15) is 0 Å². The van der Waals surface area contributed by atoms with Crippen molar-refractivity contribution in [3.8, 4) is 46.3 Å². The third-order valence-electron chi connectivity index (χ3n) is 17.7. The zero-order valence-electron chi connectivity index (χ0n) is 52.1. The van der Waals surface area contributed by atoms with E-state index >= 15 is 8.78 Å². The Morgan fingerprint density at radius 1 is 0.622 bits per heavy atom. The summed E-state index contributed by atoms with van der Waals surface area (Å²) in [6, 6.07) is 23.7. The lowest BCUT2D eigenvalue weighted by Gasteiger charge is -2.46. The van der Waals surface area contributed by atoms with Crippen LogP contribution in [0.3, 0.4) is 0 Å². The fourth-order valence-electron chi connectivity index (χ4n) is 13.5. The van der Waals surface area contributed by atoms with E-state index < -0.39 is 37.2 Å². The van der Waals surface area contributed by atoms with Crippen LogP contribution in [0.1, 0.15) is 86.3 Å². The Morgan fingerprint density at radius 2 is 1.07 bits per heavy atom. The van der Waals surface area contributed by atoms with Gasteiger partial charge in [-0.15, -0.1) is 12.0 Å². The summed E-state index contributed by atoms with van der Waals surface area (Å²) in [6.07, 6.45) is 16.4. The minimum Gasteiger partial charge on any atom is -0.444 e. The van der Waals surface area contributed by atoms with Crippen molar-refractivity contribution < 1.29 is 37.4 Å². The summed E-state index contributed by atoms with van der Waals surface area (Å²) < 4.78 is 42.2. The van der Waals surface area contributed by atoms with Gasteiger partial charge in [0.2, 0.25) is 5.91 Å². The lowest BCUT2D eigenvalue weighted by molar-refractivity contribution is -0.152. The Bertz CT molecular complexity index is 4270. The first-order valence-electron chi connectivity index (χ1n) is 30.2. The number of fused-ring (bicyclic) bond motifs is 6. The summed E-state index contributed by atoms with van der Waals surface area (Å²) in [7, 11) is -1.99. The Kier molecular flexibility index (Phi) is 18.1. The molecule has 0 bridgehead atoms. The monoisotopic (exact) mass is 1230 g/mol. The highest BCUT2D eigenvalue weighted by atomic mass is 28.3. The van der Waals surface area contributed by atoms with Crippen LogP contribution in [0, 0.1) is 35.4 Å². The third-order valence-corrected chi connectivity index (χ3v) is 24.0. The highest BCUT2D eigenvalue weighted by Gasteiger charge is 2.52. The predicted octanol–water partition coefficient (Wildman–Crippen LogP) is 13.1. The molecule has 4 aromatic carbocycles. The van der Waals surface area contributed by atoms with E-state index in [1.807, 2.05) is 98.5 Å². The summed E-state index contributed by atoms with van der Waals surface area (Å²) in [5.41, 5.74) is 8.62. The number of carbonyl (C=O) groups excluding carboxylic acids is 4. The summed E-state index contributed by atoms with van der Waals surface area (Å²) in [5, 5.41) is 4.72. The quantitative estimate of drug-likeness (QED) is 0.0415. The van der Waals surface area contributed by atoms with Crippen LogP contribution in [0.4, 0.5) is 25.2 Å². The molecular weight excluding hydrogens is 1150 g/mol. The second-order valence-electron chi connectivity index (χ2n) is 24.7. The van der Waals surface area contributed by atoms with Gasteiger partial charge in [0.1, 0.15) is 60.4 Å². The zero-order valence-corrected chi connectivity index (χ0v) is 53.1. The van der Waals surface area contributed by atoms with Gasteiger partial charge in [-0.05, 0) is 79.2 Å². The molecule has 460 valence electrons. The van der Waals surface area contributed by atoms with Gasteiger partial charge in [0.25, 0.3) is 0 Å². The van der Waals surface area contributed by atoms with Gasteiger partial charge in [-0.3, -0.25) is 14.8 Å². The number of ether oxygens (including phenoxy) is 2. The molecule has 4 aromatic heterocycles. The number of benzene rings is 4. The van der Waals surface area contributed by atoms with Crippen molar-refractivity contribution in [2.75, 3.05) is 36.0 Å². The molecule has 12 rings (SSSR count). The van der Waals surface area contributed by atoms with E-state index in [2.05, 4.69) is 118 Å². The molecule has 0 spiro atoms. The van der Waals surface area contributed by atoms with E-state index in [0.29, 0.717) is 75.4 Å². The van der Waals surface area contributed by atoms with Crippen molar-refractivity contribution in [3.63, 3.8) is 0 Å². The van der Waals surface area contributed by atoms with Crippen molar-refractivity contribution in [2.24, 2.45) is 0 Å². The number of nitrogens with zero attached hydrogens (tertiary/aromatic N) is 10. The number of terminal acetylenes is 1. The molecule has 4 aliphatic rings. The molecule has 0 aliphatic carbocycles. The number of aromatic nitrogens is 6. The lowest BCUT2D eigenvalue weighted by Crippen LogP contribution is -2.64. The minimum atomic E-state index is -1.99. The number of pyridine rings is 2. The number of rotatable bonds is 10. The van der Waals surface area contributed by atoms with Gasteiger partial charge in [0.05, 0.1) is 34.9 Å². The summed E-state index contributed by atoms with van der Waals surface area (Å²) >= 11 is 0. The Labute approximate surface area is 524 Å². The van der Waals surface area contributed by atoms with Crippen LogP contribution in [0.25, 0.3) is 65.9 Å². The van der Waals surface area contributed by atoms with Crippen molar-refractivity contribution in [3.05, 3.63) is 159 Å². The Hall–Kier alpha value is -9.72. The second kappa shape index (κ2) is 25.8. The summed E-state index contributed by atoms with van der Waals surface area (Å²) in [6.45, 7) is 31.8. The first-order chi connectivity index (χ1) is 43.1. The lowest BCUT2D eigenvalue weighted by atomic mass is 9.96. The van der Waals surface area contributed by atoms with Gasteiger partial charge in [-0.1, -0.05) is 134 Å². The molecular formula is C71H72F2N10O6Si. The number of amides is 2. The van der Waals surface area contributed by atoms with E-state index in [4.69, 9.17) is 16.1 Å². The number of hydrogen-bond acceptors (Lipinski definition) is 14. The first-order valence-corrected chi connectivity index (χ1v) is 32.4. The van der Waals surface area contributed by atoms with Crippen LogP contribution in [0.2, 0.25) is 16.6 Å². The minimum absolute atomic E-state index is 0.0334. The molecule has 4 fully saturated rings. The van der Waals surface area contributed by atoms with Crippen LogP contribution in [-0.4, -0.2) is 128 Å². The fourth-order valence-corrected chi connectivity index (χ4v) is 18.8.